The van der Waals surface area contributed by atoms with Gasteiger partial charge in [0.1, 0.15) is 0 Å². The van der Waals surface area contributed by atoms with Gasteiger partial charge in [-0.1, -0.05) is 18.2 Å². The third kappa shape index (κ3) is 2.73. The van der Waals surface area contributed by atoms with E-state index in [-0.39, 0.29) is 0 Å². The first kappa shape index (κ1) is 15.0. The Bertz CT molecular complexity index is 897. The van der Waals surface area contributed by atoms with Crippen molar-refractivity contribution < 1.29 is 9.21 Å². The van der Waals surface area contributed by atoms with Gasteiger partial charge in [-0.25, -0.2) is 0 Å². The minimum Gasteiger partial charge on any atom is -0.421 e. The molecule has 5 nitrogen and oxygen atoms in total. The maximum atomic E-state index is 11.7. The summed E-state index contributed by atoms with van der Waals surface area (Å²) in [5.41, 5.74) is 10.4. The van der Waals surface area contributed by atoms with Gasteiger partial charge in [0.2, 0.25) is 17.7 Å². The number of aromatic nitrogens is 2. The Hall–Kier alpha value is -2.95. The van der Waals surface area contributed by atoms with E-state index < -0.39 is 5.91 Å². The summed E-state index contributed by atoms with van der Waals surface area (Å²) in [6.45, 7) is 5.67. The van der Waals surface area contributed by atoms with Crippen LogP contribution in [0, 0.1) is 26.8 Å². The lowest BCUT2D eigenvalue weighted by Crippen LogP contribution is -2.13. The van der Waals surface area contributed by atoms with E-state index in [1.54, 1.807) is 13.0 Å². The molecule has 0 aliphatic heterocycles. The molecule has 0 bridgehead atoms. The molecule has 5 heteroatoms. The molecule has 1 amide bonds. The Balaban J connectivity index is 2.14. The number of primary amides is 1. The average molecular weight is 306 g/mol. The number of rotatable bonds is 3. The lowest BCUT2D eigenvalue weighted by molar-refractivity contribution is 0.100. The Labute approximate surface area is 134 Å². The monoisotopic (exact) mass is 306 g/mol. The van der Waals surface area contributed by atoms with E-state index in [1.165, 1.54) is 0 Å². The molecule has 3 rings (SSSR count). The van der Waals surface area contributed by atoms with Gasteiger partial charge >= 0.3 is 0 Å². The van der Waals surface area contributed by atoms with E-state index in [0.717, 1.165) is 27.8 Å². The number of hydrogen-bond donors (Lipinski definition) is 1. The zero-order valence-corrected chi connectivity index (χ0v) is 13.2. The largest absolute Gasteiger partial charge is 0.421 e. The molecule has 2 N–H and O–H groups in total. The van der Waals surface area contributed by atoms with E-state index >= 15 is 0 Å². The third-order valence-corrected chi connectivity index (χ3v) is 3.72. The van der Waals surface area contributed by atoms with Crippen LogP contribution in [0.1, 0.15) is 27.4 Å². The molecule has 0 atom stereocenters. The molecule has 23 heavy (non-hydrogen) atoms. The molecular formula is C18H16N3O2. The smallest absolute Gasteiger partial charge is 0.249 e. The van der Waals surface area contributed by atoms with Crippen molar-refractivity contribution in [2.75, 3.05) is 0 Å². The van der Waals surface area contributed by atoms with Crippen LogP contribution in [0.15, 0.2) is 34.7 Å². The fraction of sp³-hybridized carbons (Fsp3) is 0.167. The van der Waals surface area contributed by atoms with Crippen LogP contribution < -0.4 is 5.73 Å². The Morgan fingerprint density at radius 2 is 1.91 bits per heavy atom. The van der Waals surface area contributed by atoms with Crippen LogP contribution in [0.5, 0.6) is 0 Å². The zero-order chi connectivity index (χ0) is 16.6. The van der Waals surface area contributed by atoms with Crippen LogP contribution in [0.2, 0.25) is 0 Å². The van der Waals surface area contributed by atoms with Crippen molar-refractivity contribution in [3.63, 3.8) is 0 Å². The van der Waals surface area contributed by atoms with E-state index in [0.29, 0.717) is 17.3 Å². The first-order valence-corrected chi connectivity index (χ1v) is 7.20. The summed E-state index contributed by atoms with van der Waals surface area (Å²) >= 11 is 0. The number of benzene rings is 2. The first-order valence-electron chi connectivity index (χ1n) is 7.20. The number of carbonyl (C=O) groups is 1. The van der Waals surface area contributed by atoms with Crippen LogP contribution >= 0.6 is 0 Å². The second-order valence-corrected chi connectivity index (χ2v) is 5.43. The summed E-state index contributed by atoms with van der Waals surface area (Å²) in [4.78, 5) is 11.7. The van der Waals surface area contributed by atoms with Crippen molar-refractivity contribution in [3.05, 3.63) is 59.0 Å². The molecule has 0 saturated carbocycles. The highest BCUT2D eigenvalue weighted by Gasteiger charge is 2.16. The van der Waals surface area contributed by atoms with Gasteiger partial charge in [-0.15, -0.1) is 10.2 Å². The lowest BCUT2D eigenvalue weighted by Gasteiger charge is -2.13. The van der Waals surface area contributed by atoms with Gasteiger partial charge in [0, 0.05) is 12.5 Å². The third-order valence-electron chi connectivity index (χ3n) is 3.72. The zero-order valence-electron chi connectivity index (χ0n) is 13.2. The van der Waals surface area contributed by atoms with Gasteiger partial charge in [-0.05, 0) is 54.3 Å². The highest BCUT2D eigenvalue weighted by atomic mass is 16.4. The highest BCUT2D eigenvalue weighted by Crippen LogP contribution is 2.32. The van der Waals surface area contributed by atoms with Crippen LogP contribution in [-0.4, -0.2) is 16.1 Å². The van der Waals surface area contributed by atoms with Crippen LogP contribution in [0.3, 0.4) is 0 Å². The van der Waals surface area contributed by atoms with E-state index in [9.17, 15) is 4.79 Å². The molecular weight excluding hydrogens is 290 g/mol. The van der Waals surface area contributed by atoms with Crippen molar-refractivity contribution in [1.29, 1.82) is 0 Å². The predicted molar refractivity (Wildman–Crippen MR) is 86.7 cm³/mol. The van der Waals surface area contributed by atoms with Gasteiger partial charge < -0.3 is 10.2 Å². The van der Waals surface area contributed by atoms with Crippen molar-refractivity contribution in [2.45, 2.75) is 20.8 Å². The summed E-state index contributed by atoms with van der Waals surface area (Å²) in [7, 11) is 0. The van der Waals surface area contributed by atoms with Crippen molar-refractivity contribution in [2.24, 2.45) is 5.73 Å². The number of carbonyl (C=O) groups excluding carboxylic acids is 1. The lowest BCUT2D eigenvalue weighted by atomic mass is 9.91. The molecule has 1 heterocycles. The average Bonchev–Trinajstić information content (AvgIpc) is 2.94. The molecule has 0 unspecified atom stereocenters. The summed E-state index contributed by atoms with van der Waals surface area (Å²) in [6, 6.07) is 12.4. The molecule has 3 aromatic rings. The topological polar surface area (TPSA) is 82.0 Å². The molecule has 1 aromatic heterocycles. The number of hydrogen-bond acceptors (Lipinski definition) is 4. The standard InChI is InChI=1S/C18H16N3O2/c1-10-5-4-6-15(17(19)22)16(10)14-8-7-13(9-11(14)2)18-21-20-12(3)23-18/h4-5,7-9H,1-3H3,(H2,19,22). The molecule has 0 saturated heterocycles. The van der Waals surface area contributed by atoms with Crippen LogP contribution in [0.25, 0.3) is 22.6 Å². The summed E-state index contributed by atoms with van der Waals surface area (Å²) < 4.78 is 5.45. The Kier molecular flexibility index (Phi) is 3.70. The number of aryl methyl sites for hydroxylation is 3. The normalized spacial score (nSPS) is 10.7. The SMILES string of the molecule is Cc1nnc(-c2ccc(-c3c(C(N)=O)[c]ccc3C)c(C)c2)o1. The van der Waals surface area contributed by atoms with Gasteiger partial charge in [-0.3, -0.25) is 4.79 Å². The fourth-order valence-electron chi connectivity index (χ4n) is 2.63. The van der Waals surface area contributed by atoms with E-state index in [2.05, 4.69) is 16.3 Å². The number of nitrogens with zero attached hydrogens (tertiary/aromatic N) is 2. The van der Waals surface area contributed by atoms with E-state index in [4.69, 9.17) is 10.2 Å². The van der Waals surface area contributed by atoms with Crippen molar-refractivity contribution in [1.82, 2.24) is 10.2 Å². The van der Waals surface area contributed by atoms with Crippen LogP contribution in [-0.2, 0) is 0 Å². The summed E-state index contributed by atoms with van der Waals surface area (Å²) in [6.07, 6.45) is 0. The van der Waals surface area contributed by atoms with Gasteiger partial charge in [0.15, 0.2) is 0 Å². The molecule has 115 valence electrons. The maximum Gasteiger partial charge on any atom is 0.249 e. The Morgan fingerprint density at radius 3 is 2.52 bits per heavy atom. The predicted octanol–water partition coefficient (Wildman–Crippen LogP) is 3.23. The molecule has 2 aromatic carbocycles. The van der Waals surface area contributed by atoms with Gasteiger partial charge in [0.25, 0.3) is 0 Å². The maximum absolute atomic E-state index is 11.7. The minimum absolute atomic E-state index is 0.398. The van der Waals surface area contributed by atoms with E-state index in [1.807, 2.05) is 38.1 Å². The molecule has 0 aliphatic carbocycles. The Morgan fingerprint density at radius 1 is 1.13 bits per heavy atom. The van der Waals surface area contributed by atoms with Gasteiger partial charge in [0.05, 0.1) is 5.56 Å². The highest BCUT2D eigenvalue weighted by molar-refractivity contribution is 6.00. The molecule has 0 aliphatic rings. The van der Waals surface area contributed by atoms with Gasteiger partial charge in [-0.2, -0.15) is 0 Å². The van der Waals surface area contributed by atoms with Crippen molar-refractivity contribution >= 4 is 5.91 Å². The number of amides is 1. The quantitative estimate of drug-likeness (QED) is 0.805. The first-order chi connectivity index (χ1) is 11.0. The fourth-order valence-corrected chi connectivity index (χ4v) is 2.63. The number of nitrogens with two attached hydrogens (primary N) is 1. The molecule has 1 radical (unpaired) electrons. The van der Waals surface area contributed by atoms with Crippen LogP contribution in [0.4, 0.5) is 0 Å². The summed E-state index contributed by atoms with van der Waals surface area (Å²) in [5.74, 6) is 0.509. The molecule has 0 spiro atoms. The second-order valence-electron chi connectivity index (χ2n) is 5.43. The van der Waals surface area contributed by atoms with Crippen molar-refractivity contribution in [3.8, 4) is 22.6 Å². The minimum atomic E-state index is -0.486. The summed E-state index contributed by atoms with van der Waals surface area (Å²) in [5, 5.41) is 7.87. The molecule has 0 fully saturated rings. The second kappa shape index (κ2) is 5.68.